The highest BCUT2D eigenvalue weighted by Crippen LogP contribution is 2.39. The van der Waals surface area contributed by atoms with E-state index >= 15 is 0 Å². The van der Waals surface area contributed by atoms with E-state index in [0.29, 0.717) is 12.5 Å². The normalized spacial score (nSPS) is 31.2. The molecule has 1 aliphatic rings. The quantitative estimate of drug-likeness (QED) is 0.810. The Hall–Kier alpha value is -0.0900. The fourth-order valence-electron chi connectivity index (χ4n) is 3.22. The summed E-state index contributed by atoms with van der Waals surface area (Å²) in [6.45, 7) is 7.54. The molecular formula is C14H29NO2S. The highest BCUT2D eigenvalue weighted by molar-refractivity contribution is 7.88. The van der Waals surface area contributed by atoms with Crippen LogP contribution in [0.1, 0.15) is 52.9 Å². The minimum Gasteiger partial charge on any atom is -0.215 e. The monoisotopic (exact) mass is 275 g/mol. The fourth-order valence-corrected chi connectivity index (χ4v) is 3.71. The molecule has 4 atom stereocenters. The second-order valence-electron chi connectivity index (χ2n) is 6.15. The van der Waals surface area contributed by atoms with E-state index in [-0.39, 0.29) is 0 Å². The Bertz CT molecular complexity index is 340. The van der Waals surface area contributed by atoms with E-state index in [0.717, 1.165) is 30.6 Å². The van der Waals surface area contributed by atoms with Gasteiger partial charge in [-0.1, -0.05) is 33.6 Å². The molecule has 4 unspecified atom stereocenters. The average molecular weight is 275 g/mol. The van der Waals surface area contributed by atoms with Crippen LogP contribution in [-0.4, -0.2) is 21.2 Å². The molecule has 1 fully saturated rings. The van der Waals surface area contributed by atoms with Crippen LogP contribution >= 0.6 is 0 Å². The lowest BCUT2D eigenvalue weighted by Gasteiger charge is -2.36. The second-order valence-corrected chi connectivity index (χ2v) is 7.98. The van der Waals surface area contributed by atoms with Crippen LogP contribution in [0.25, 0.3) is 0 Å². The highest BCUT2D eigenvalue weighted by Gasteiger charge is 2.29. The Kier molecular flexibility index (Phi) is 6.12. The van der Waals surface area contributed by atoms with Crippen molar-refractivity contribution >= 4 is 10.0 Å². The summed E-state index contributed by atoms with van der Waals surface area (Å²) in [5.41, 5.74) is 0. The molecular weight excluding hydrogens is 246 g/mol. The molecule has 0 aromatic carbocycles. The van der Waals surface area contributed by atoms with E-state index in [1.807, 2.05) is 0 Å². The minimum atomic E-state index is -3.03. The predicted molar refractivity (Wildman–Crippen MR) is 76.9 cm³/mol. The van der Waals surface area contributed by atoms with Crippen LogP contribution in [0.3, 0.4) is 0 Å². The summed E-state index contributed by atoms with van der Waals surface area (Å²) in [6, 6.07) is 0. The third-order valence-corrected chi connectivity index (χ3v) is 5.44. The number of hydrogen-bond acceptors (Lipinski definition) is 2. The molecule has 4 heteroatoms. The zero-order chi connectivity index (χ0) is 13.8. The Morgan fingerprint density at radius 1 is 1.22 bits per heavy atom. The molecule has 1 rings (SSSR count). The number of rotatable bonds is 6. The Labute approximate surface area is 113 Å². The molecule has 3 nitrogen and oxygen atoms in total. The second kappa shape index (κ2) is 6.90. The lowest BCUT2D eigenvalue weighted by Crippen LogP contribution is -2.30. The fraction of sp³-hybridized carbons (Fsp3) is 1.00. The zero-order valence-corrected chi connectivity index (χ0v) is 13.1. The van der Waals surface area contributed by atoms with Gasteiger partial charge in [0.2, 0.25) is 10.0 Å². The SMILES string of the molecule is CCC(CCNS(C)(=O)=O)C1CCC(C)C(C)C1. The first kappa shape index (κ1) is 16.0. The average Bonchev–Trinajstić information content (AvgIpc) is 2.27. The van der Waals surface area contributed by atoms with Gasteiger partial charge in [-0.25, -0.2) is 13.1 Å². The van der Waals surface area contributed by atoms with Crippen molar-refractivity contribution in [2.45, 2.75) is 52.9 Å². The molecule has 0 aromatic heterocycles. The maximum absolute atomic E-state index is 11.1. The van der Waals surface area contributed by atoms with Gasteiger partial charge in [-0.3, -0.25) is 0 Å². The van der Waals surface area contributed by atoms with Crippen LogP contribution in [-0.2, 0) is 10.0 Å². The van der Waals surface area contributed by atoms with Crippen LogP contribution in [0, 0.1) is 23.7 Å². The molecule has 0 saturated heterocycles. The molecule has 0 heterocycles. The van der Waals surface area contributed by atoms with Crippen LogP contribution in [0.5, 0.6) is 0 Å². The van der Waals surface area contributed by atoms with Crippen LogP contribution in [0.15, 0.2) is 0 Å². The van der Waals surface area contributed by atoms with E-state index < -0.39 is 10.0 Å². The van der Waals surface area contributed by atoms with Gasteiger partial charge in [0.25, 0.3) is 0 Å². The number of sulfonamides is 1. The van der Waals surface area contributed by atoms with Crippen LogP contribution in [0.4, 0.5) is 0 Å². The first-order valence-corrected chi connectivity index (χ1v) is 9.17. The molecule has 1 N–H and O–H groups in total. The van der Waals surface area contributed by atoms with Gasteiger partial charge < -0.3 is 0 Å². The van der Waals surface area contributed by atoms with Crippen molar-refractivity contribution in [1.82, 2.24) is 4.72 Å². The molecule has 0 radical (unpaired) electrons. The van der Waals surface area contributed by atoms with E-state index in [1.54, 1.807) is 0 Å². The Balaban J connectivity index is 2.41. The molecule has 1 aliphatic carbocycles. The van der Waals surface area contributed by atoms with Crippen molar-refractivity contribution in [3.8, 4) is 0 Å². The zero-order valence-electron chi connectivity index (χ0n) is 12.3. The van der Waals surface area contributed by atoms with Gasteiger partial charge in [-0.15, -0.1) is 0 Å². The van der Waals surface area contributed by atoms with Gasteiger partial charge in [0.15, 0.2) is 0 Å². The number of hydrogen-bond donors (Lipinski definition) is 1. The molecule has 18 heavy (non-hydrogen) atoms. The van der Waals surface area contributed by atoms with E-state index in [2.05, 4.69) is 25.5 Å². The summed E-state index contributed by atoms with van der Waals surface area (Å²) >= 11 is 0. The van der Waals surface area contributed by atoms with E-state index in [4.69, 9.17) is 0 Å². The summed E-state index contributed by atoms with van der Waals surface area (Å²) in [6.07, 6.45) is 7.36. The van der Waals surface area contributed by atoms with Crippen molar-refractivity contribution < 1.29 is 8.42 Å². The summed E-state index contributed by atoms with van der Waals surface area (Å²) in [4.78, 5) is 0. The van der Waals surface area contributed by atoms with Crippen LogP contribution < -0.4 is 4.72 Å². The maximum atomic E-state index is 11.1. The van der Waals surface area contributed by atoms with E-state index in [1.165, 1.54) is 25.5 Å². The summed E-state index contributed by atoms with van der Waals surface area (Å²) in [5.74, 6) is 3.14. The van der Waals surface area contributed by atoms with Gasteiger partial charge in [0, 0.05) is 6.54 Å². The lowest BCUT2D eigenvalue weighted by molar-refractivity contribution is 0.148. The third kappa shape index (κ3) is 5.27. The van der Waals surface area contributed by atoms with Gasteiger partial charge in [0.05, 0.1) is 6.26 Å². The summed E-state index contributed by atoms with van der Waals surface area (Å²) in [5, 5.41) is 0. The molecule has 0 aromatic rings. The lowest BCUT2D eigenvalue weighted by atomic mass is 9.70. The molecule has 0 bridgehead atoms. The summed E-state index contributed by atoms with van der Waals surface area (Å²) < 4.78 is 24.7. The smallest absolute Gasteiger partial charge is 0.208 e. The number of nitrogens with one attached hydrogen (secondary N) is 1. The molecule has 1 saturated carbocycles. The van der Waals surface area contributed by atoms with E-state index in [9.17, 15) is 8.42 Å². The third-order valence-electron chi connectivity index (χ3n) is 4.71. The van der Waals surface area contributed by atoms with Crippen molar-refractivity contribution in [1.29, 1.82) is 0 Å². The molecule has 0 spiro atoms. The molecule has 0 amide bonds. The predicted octanol–water partition coefficient (Wildman–Crippen LogP) is 3.02. The first-order chi connectivity index (χ1) is 8.33. The van der Waals surface area contributed by atoms with Gasteiger partial charge in [0.1, 0.15) is 0 Å². The van der Waals surface area contributed by atoms with Gasteiger partial charge >= 0.3 is 0 Å². The minimum absolute atomic E-state index is 0.595. The van der Waals surface area contributed by atoms with Gasteiger partial charge in [-0.2, -0.15) is 0 Å². The maximum Gasteiger partial charge on any atom is 0.208 e. The van der Waals surface area contributed by atoms with Crippen molar-refractivity contribution in [2.75, 3.05) is 12.8 Å². The topological polar surface area (TPSA) is 46.2 Å². The Morgan fingerprint density at radius 3 is 2.39 bits per heavy atom. The standard InChI is InChI=1S/C14H29NO2S/c1-5-13(8-9-15-18(4,16)17)14-7-6-11(2)12(3)10-14/h11-15H,5-10H2,1-4H3. The van der Waals surface area contributed by atoms with Gasteiger partial charge in [-0.05, 0) is 42.9 Å². The Morgan fingerprint density at radius 2 is 1.89 bits per heavy atom. The largest absolute Gasteiger partial charge is 0.215 e. The van der Waals surface area contributed by atoms with Crippen LogP contribution in [0.2, 0.25) is 0 Å². The first-order valence-electron chi connectivity index (χ1n) is 7.28. The van der Waals surface area contributed by atoms with Crippen molar-refractivity contribution in [3.05, 3.63) is 0 Å². The van der Waals surface area contributed by atoms with Crippen molar-refractivity contribution in [3.63, 3.8) is 0 Å². The molecule has 108 valence electrons. The van der Waals surface area contributed by atoms with Crippen molar-refractivity contribution in [2.24, 2.45) is 23.7 Å². The summed E-state index contributed by atoms with van der Waals surface area (Å²) in [7, 11) is -3.03. The highest BCUT2D eigenvalue weighted by atomic mass is 32.2. The molecule has 0 aliphatic heterocycles.